The molecule has 3 rings (SSSR count). The van der Waals surface area contributed by atoms with Gasteiger partial charge >= 0.3 is 6.18 Å². The third-order valence-electron chi connectivity index (χ3n) is 3.82. The Morgan fingerprint density at radius 3 is 2.78 bits per heavy atom. The number of aromatic nitrogens is 3. The van der Waals surface area contributed by atoms with Gasteiger partial charge in [-0.25, -0.2) is 0 Å². The lowest BCUT2D eigenvalue weighted by Gasteiger charge is -2.11. The standard InChI is InChI=1S/C18H14ClF3N4O/c1-11(17-25-24-15-4-2-3-9-26(15)17)23-16(27)8-5-12-10-13(18(20,21)22)6-7-14(12)19/h2-11H,1H3,(H,23,27)/b8-5+. The first-order valence-electron chi connectivity index (χ1n) is 7.90. The molecule has 0 bridgehead atoms. The van der Waals surface area contributed by atoms with Gasteiger partial charge in [-0.05, 0) is 48.9 Å². The van der Waals surface area contributed by atoms with E-state index in [0.717, 1.165) is 24.3 Å². The van der Waals surface area contributed by atoms with Crippen molar-refractivity contribution in [3.05, 3.63) is 70.6 Å². The van der Waals surface area contributed by atoms with Crippen LogP contribution < -0.4 is 5.32 Å². The van der Waals surface area contributed by atoms with E-state index >= 15 is 0 Å². The Bertz CT molecular complexity index is 1010. The van der Waals surface area contributed by atoms with Crippen LogP contribution >= 0.6 is 11.6 Å². The predicted octanol–water partition coefficient (Wildman–Crippen LogP) is 4.29. The molecule has 1 aromatic carbocycles. The molecule has 0 radical (unpaired) electrons. The fourth-order valence-electron chi connectivity index (χ4n) is 2.49. The Morgan fingerprint density at radius 2 is 2.04 bits per heavy atom. The van der Waals surface area contributed by atoms with Gasteiger partial charge in [-0.15, -0.1) is 10.2 Å². The highest BCUT2D eigenvalue weighted by Gasteiger charge is 2.30. The van der Waals surface area contributed by atoms with Crippen LogP contribution in [-0.2, 0) is 11.0 Å². The molecule has 27 heavy (non-hydrogen) atoms. The van der Waals surface area contributed by atoms with Crippen LogP contribution in [0.5, 0.6) is 0 Å². The summed E-state index contributed by atoms with van der Waals surface area (Å²) in [5.41, 5.74) is -0.0997. The molecule has 0 spiro atoms. The van der Waals surface area contributed by atoms with Crippen LogP contribution in [0.15, 0.2) is 48.7 Å². The number of carbonyl (C=O) groups is 1. The van der Waals surface area contributed by atoms with Crippen LogP contribution in [0.2, 0.25) is 5.02 Å². The zero-order valence-corrected chi connectivity index (χ0v) is 14.8. The number of benzene rings is 1. The summed E-state index contributed by atoms with van der Waals surface area (Å²) in [4.78, 5) is 12.1. The van der Waals surface area contributed by atoms with Crippen molar-refractivity contribution in [3.63, 3.8) is 0 Å². The lowest BCUT2D eigenvalue weighted by atomic mass is 10.1. The van der Waals surface area contributed by atoms with E-state index in [1.165, 1.54) is 6.08 Å². The molecule has 0 saturated carbocycles. The number of fused-ring (bicyclic) bond motifs is 1. The van der Waals surface area contributed by atoms with Crippen LogP contribution in [-0.4, -0.2) is 20.5 Å². The van der Waals surface area contributed by atoms with E-state index in [4.69, 9.17) is 11.6 Å². The summed E-state index contributed by atoms with van der Waals surface area (Å²) in [6.07, 6.45) is -0.354. The van der Waals surface area contributed by atoms with E-state index in [0.29, 0.717) is 11.5 Å². The highest BCUT2D eigenvalue weighted by Crippen LogP contribution is 2.32. The molecule has 140 valence electrons. The summed E-state index contributed by atoms with van der Waals surface area (Å²) < 4.78 is 40.1. The zero-order chi connectivity index (χ0) is 19.6. The topological polar surface area (TPSA) is 59.3 Å². The van der Waals surface area contributed by atoms with Gasteiger partial charge in [0.25, 0.3) is 0 Å². The molecule has 1 amide bonds. The third-order valence-corrected chi connectivity index (χ3v) is 4.17. The number of nitrogens with zero attached hydrogens (tertiary/aromatic N) is 3. The van der Waals surface area contributed by atoms with Crippen molar-refractivity contribution in [1.29, 1.82) is 0 Å². The van der Waals surface area contributed by atoms with Gasteiger partial charge in [0.05, 0.1) is 11.6 Å². The fraction of sp³-hybridized carbons (Fsp3) is 0.167. The second-order valence-electron chi connectivity index (χ2n) is 5.78. The molecule has 1 N–H and O–H groups in total. The minimum atomic E-state index is -4.49. The molecule has 0 saturated heterocycles. The Hall–Kier alpha value is -2.87. The number of alkyl halides is 3. The zero-order valence-electron chi connectivity index (χ0n) is 14.0. The number of halogens is 4. The van der Waals surface area contributed by atoms with Gasteiger partial charge in [0.1, 0.15) is 0 Å². The van der Waals surface area contributed by atoms with E-state index in [2.05, 4.69) is 15.5 Å². The highest BCUT2D eigenvalue weighted by molar-refractivity contribution is 6.32. The maximum Gasteiger partial charge on any atom is 0.416 e. The molecule has 2 heterocycles. The van der Waals surface area contributed by atoms with Crippen LogP contribution in [0.25, 0.3) is 11.7 Å². The summed E-state index contributed by atoms with van der Waals surface area (Å²) in [5, 5.41) is 10.9. The summed E-state index contributed by atoms with van der Waals surface area (Å²) in [6.45, 7) is 1.73. The highest BCUT2D eigenvalue weighted by atomic mass is 35.5. The molecule has 0 aliphatic heterocycles. The Balaban J connectivity index is 1.74. The smallest absolute Gasteiger partial charge is 0.343 e. The van der Waals surface area contributed by atoms with Crippen molar-refractivity contribution in [2.24, 2.45) is 0 Å². The molecule has 1 atom stereocenters. The van der Waals surface area contributed by atoms with Gasteiger partial charge in [0.2, 0.25) is 5.91 Å². The third kappa shape index (κ3) is 4.28. The molecular formula is C18H14ClF3N4O. The van der Waals surface area contributed by atoms with Gasteiger partial charge in [-0.2, -0.15) is 13.2 Å². The maximum absolute atomic E-state index is 12.8. The van der Waals surface area contributed by atoms with E-state index in [1.54, 1.807) is 23.6 Å². The molecule has 0 aliphatic rings. The van der Waals surface area contributed by atoms with E-state index < -0.39 is 23.7 Å². The van der Waals surface area contributed by atoms with E-state index in [1.807, 2.05) is 12.1 Å². The molecule has 0 fully saturated rings. The molecule has 1 unspecified atom stereocenters. The average molecular weight is 395 g/mol. The summed E-state index contributed by atoms with van der Waals surface area (Å²) >= 11 is 5.91. The molecule has 0 aliphatic carbocycles. The number of hydrogen-bond acceptors (Lipinski definition) is 3. The SMILES string of the molecule is CC(NC(=O)/C=C/c1cc(C(F)(F)F)ccc1Cl)c1nnc2ccccn12. The van der Waals surface area contributed by atoms with Gasteiger partial charge in [0, 0.05) is 17.3 Å². The lowest BCUT2D eigenvalue weighted by Crippen LogP contribution is -2.26. The van der Waals surface area contributed by atoms with Crippen molar-refractivity contribution in [3.8, 4) is 0 Å². The Morgan fingerprint density at radius 1 is 1.26 bits per heavy atom. The molecule has 9 heteroatoms. The average Bonchev–Trinajstić information content (AvgIpc) is 3.04. The van der Waals surface area contributed by atoms with Crippen LogP contribution in [0.4, 0.5) is 13.2 Å². The minimum absolute atomic E-state index is 0.0993. The summed E-state index contributed by atoms with van der Waals surface area (Å²) in [5.74, 6) is 0.0353. The van der Waals surface area contributed by atoms with Crippen molar-refractivity contribution in [2.75, 3.05) is 0 Å². The Kier molecular flexibility index (Phi) is 5.18. The van der Waals surface area contributed by atoms with Crippen LogP contribution in [0.1, 0.15) is 29.9 Å². The van der Waals surface area contributed by atoms with Crippen LogP contribution in [0, 0.1) is 0 Å². The van der Waals surface area contributed by atoms with Gasteiger partial charge in [-0.1, -0.05) is 17.7 Å². The summed E-state index contributed by atoms with van der Waals surface area (Å²) in [7, 11) is 0. The largest absolute Gasteiger partial charge is 0.416 e. The number of nitrogens with one attached hydrogen (secondary N) is 1. The van der Waals surface area contributed by atoms with Crippen molar-refractivity contribution < 1.29 is 18.0 Å². The molecule has 5 nitrogen and oxygen atoms in total. The first-order chi connectivity index (χ1) is 12.8. The summed E-state index contributed by atoms with van der Waals surface area (Å²) in [6, 6.07) is 7.87. The van der Waals surface area contributed by atoms with Gasteiger partial charge in [0.15, 0.2) is 11.5 Å². The fourth-order valence-corrected chi connectivity index (χ4v) is 2.68. The maximum atomic E-state index is 12.8. The number of carbonyl (C=O) groups excluding carboxylic acids is 1. The van der Waals surface area contributed by atoms with Crippen molar-refractivity contribution in [2.45, 2.75) is 19.1 Å². The van der Waals surface area contributed by atoms with Gasteiger partial charge in [-0.3, -0.25) is 9.20 Å². The second kappa shape index (κ2) is 7.40. The lowest BCUT2D eigenvalue weighted by molar-refractivity contribution is -0.137. The quantitative estimate of drug-likeness (QED) is 0.671. The molecular weight excluding hydrogens is 381 g/mol. The van der Waals surface area contributed by atoms with Crippen molar-refractivity contribution in [1.82, 2.24) is 19.9 Å². The monoisotopic (exact) mass is 394 g/mol. The van der Waals surface area contributed by atoms with Crippen LogP contribution in [0.3, 0.4) is 0 Å². The van der Waals surface area contributed by atoms with Gasteiger partial charge < -0.3 is 5.32 Å². The minimum Gasteiger partial charge on any atom is -0.343 e. The number of pyridine rings is 1. The van der Waals surface area contributed by atoms with E-state index in [9.17, 15) is 18.0 Å². The predicted molar refractivity (Wildman–Crippen MR) is 95.0 cm³/mol. The second-order valence-corrected chi connectivity index (χ2v) is 6.19. The number of rotatable bonds is 4. The molecule has 3 aromatic rings. The first kappa shape index (κ1) is 18.9. The molecule has 2 aromatic heterocycles. The number of amides is 1. The normalized spacial score (nSPS) is 13.2. The number of hydrogen-bond donors (Lipinski definition) is 1. The Labute approximate surface area is 157 Å². The van der Waals surface area contributed by atoms with E-state index in [-0.39, 0.29) is 10.6 Å². The van der Waals surface area contributed by atoms with Crippen molar-refractivity contribution >= 4 is 29.2 Å². The first-order valence-corrected chi connectivity index (χ1v) is 8.28.